The van der Waals surface area contributed by atoms with Gasteiger partial charge in [0.15, 0.2) is 0 Å². The summed E-state index contributed by atoms with van der Waals surface area (Å²) < 4.78 is -0.952. The minimum Gasteiger partial charge on any atom is -0.272 e. The molecule has 0 spiro atoms. The van der Waals surface area contributed by atoms with Gasteiger partial charge in [-0.25, -0.2) is 5.43 Å². The van der Waals surface area contributed by atoms with Crippen LogP contribution in [0.3, 0.4) is 0 Å². The van der Waals surface area contributed by atoms with Gasteiger partial charge < -0.3 is 0 Å². The number of carbonyl (C=O) groups excluding carboxylic acids is 1. The predicted molar refractivity (Wildman–Crippen MR) is 72.0 cm³/mol. The second-order valence-electron chi connectivity index (χ2n) is 4.36. The van der Waals surface area contributed by atoms with E-state index in [1.807, 2.05) is 19.1 Å². The second kappa shape index (κ2) is 4.26. The summed E-state index contributed by atoms with van der Waals surface area (Å²) >= 11 is 13.4. The number of hydrogen-bond acceptors (Lipinski definition) is 3. The Balaban J connectivity index is 1.91. The number of nitrogens with zero attached hydrogens (tertiary/aromatic N) is 1. The number of hydrazone groups is 1. The lowest BCUT2D eigenvalue weighted by Crippen LogP contribution is -2.29. The molecule has 0 bridgehead atoms. The van der Waals surface area contributed by atoms with Crippen LogP contribution in [-0.4, -0.2) is 16.5 Å². The Bertz CT molecular complexity index is 484. The molecule has 0 aliphatic heterocycles. The Kier molecular flexibility index (Phi) is 3.23. The summed E-state index contributed by atoms with van der Waals surface area (Å²) in [7, 11) is 0. The van der Waals surface area contributed by atoms with Gasteiger partial charge in [0, 0.05) is 9.75 Å². The van der Waals surface area contributed by atoms with Gasteiger partial charge in [-0.05, 0) is 32.4 Å². The minimum absolute atomic E-state index is 0.243. The number of hydrogen-bond donors (Lipinski definition) is 1. The van der Waals surface area contributed by atoms with Gasteiger partial charge in [0.05, 0.1) is 11.6 Å². The first-order valence-electron chi connectivity index (χ1n) is 5.13. The Hall–Kier alpha value is -0.580. The second-order valence-corrected chi connectivity index (χ2v) is 7.16. The molecule has 1 aliphatic rings. The van der Waals surface area contributed by atoms with E-state index in [1.165, 1.54) is 4.88 Å². The average molecular weight is 291 g/mol. The summed E-state index contributed by atoms with van der Waals surface area (Å²) in [6.45, 7) is 3.74. The van der Waals surface area contributed by atoms with Crippen LogP contribution in [0.1, 0.15) is 23.1 Å². The maximum Gasteiger partial charge on any atom is 0.249 e. The maximum absolute atomic E-state index is 11.7. The summed E-state index contributed by atoms with van der Waals surface area (Å²) in [5.74, 6) is -0.243. The lowest BCUT2D eigenvalue weighted by molar-refractivity contribution is -0.125. The zero-order valence-electron chi connectivity index (χ0n) is 9.46. The third-order valence-corrected chi connectivity index (χ3v) is 4.91. The first kappa shape index (κ1) is 12.9. The van der Waals surface area contributed by atoms with Gasteiger partial charge in [-0.1, -0.05) is 0 Å². The van der Waals surface area contributed by atoms with Crippen LogP contribution in [0, 0.1) is 12.3 Å². The Morgan fingerprint density at radius 1 is 1.59 bits per heavy atom. The number of amides is 1. The number of rotatable bonds is 3. The largest absolute Gasteiger partial charge is 0.272 e. The number of aryl methyl sites for hydroxylation is 1. The standard InChI is InChI=1S/C11H12Cl2N2OS/c1-7-3-4-8(17-7)5-14-15-9(16)10(2)6-11(10,12)13/h3-5H,6H2,1-2H3,(H,15,16)/b14-5-/t10-/m0/s1. The van der Waals surface area contributed by atoms with Crippen LogP contribution in [0.5, 0.6) is 0 Å². The van der Waals surface area contributed by atoms with Crippen molar-refractivity contribution in [3.05, 3.63) is 21.9 Å². The Morgan fingerprint density at radius 2 is 2.24 bits per heavy atom. The molecule has 92 valence electrons. The third-order valence-electron chi connectivity index (χ3n) is 2.88. The van der Waals surface area contributed by atoms with E-state index in [0.29, 0.717) is 6.42 Å². The van der Waals surface area contributed by atoms with Crippen LogP contribution in [0.4, 0.5) is 0 Å². The van der Waals surface area contributed by atoms with Crippen molar-refractivity contribution in [3.63, 3.8) is 0 Å². The minimum atomic E-state index is -0.952. The molecule has 0 saturated heterocycles. The fraction of sp³-hybridized carbons (Fsp3) is 0.455. The molecular formula is C11H12Cl2N2OS. The first-order chi connectivity index (χ1) is 7.85. The van der Waals surface area contributed by atoms with Crippen molar-refractivity contribution in [3.8, 4) is 0 Å². The van der Waals surface area contributed by atoms with Crippen molar-refractivity contribution in [2.75, 3.05) is 0 Å². The van der Waals surface area contributed by atoms with Gasteiger partial charge in [-0.2, -0.15) is 5.10 Å². The van der Waals surface area contributed by atoms with Crippen molar-refractivity contribution in [1.82, 2.24) is 5.43 Å². The lowest BCUT2D eigenvalue weighted by atomic mass is 10.1. The topological polar surface area (TPSA) is 41.5 Å². The third kappa shape index (κ3) is 2.49. The molecule has 1 fully saturated rings. The van der Waals surface area contributed by atoms with Gasteiger partial charge in [0.2, 0.25) is 5.91 Å². The highest BCUT2D eigenvalue weighted by Crippen LogP contribution is 2.63. The van der Waals surface area contributed by atoms with Crippen LogP contribution >= 0.6 is 34.5 Å². The molecule has 2 rings (SSSR count). The lowest BCUT2D eigenvalue weighted by Gasteiger charge is -2.08. The van der Waals surface area contributed by atoms with Crippen LogP contribution in [-0.2, 0) is 4.79 Å². The van der Waals surface area contributed by atoms with E-state index in [9.17, 15) is 4.79 Å². The molecule has 17 heavy (non-hydrogen) atoms. The average Bonchev–Trinajstić information content (AvgIpc) is 2.58. The monoisotopic (exact) mass is 290 g/mol. The fourth-order valence-corrected chi connectivity index (χ4v) is 2.90. The Labute approximate surface area is 114 Å². The van der Waals surface area contributed by atoms with Crippen LogP contribution in [0.25, 0.3) is 0 Å². The SMILES string of the molecule is Cc1ccc(/C=N\NC(=O)[C@]2(C)CC2(Cl)Cl)s1. The van der Waals surface area contributed by atoms with Crippen molar-refractivity contribution in [2.45, 2.75) is 24.6 Å². The first-order valence-corrected chi connectivity index (χ1v) is 6.70. The fourth-order valence-electron chi connectivity index (χ4n) is 1.45. The number of thiophene rings is 1. The zero-order chi connectivity index (χ0) is 12.7. The van der Waals surface area contributed by atoms with E-state index < -0.39 is 9.75 Å². The van der Waals surface area contributed by atoms with Crippen molar-refractivity contribution >= 4 is 46.7 Å². The van der Waals surface area contributed by atoms with Gasteiger partial charge in [0.1, 0.15) is 4.33 Å². The van der Waals surface area contributed by atoms with Crippen molar-refractivity contribution in [1.29, 1.82) is 0 Å². The predicted octanol–water partition coefficient (Wildman–Crippen LogP) is 3.09. The van der Waals surface area contributed by atoms with E-state index in [-0.39, 0.29) is 5.91 Å². The molecule has 1 aliphatic carbocycles. The number of alkyl halides is 2. The van der Waals surface area contributed by atoms with Gasteiger partial charge in [-0.3, -0.25) is 4.79 Å². The van der Waals surface area contributed by atoms with Crippen molar-refractivity contribution in [2.24, 2.45) is 10.5 Å². The molecule has 1 aromatic heterocycles. The summed E-state index contributed by atoms with van der Waals surface area (Å²) in [5, 5.41) is 3.90. The number of halogens is 2. The van der Waals surface area contributed by atoms with Gasteiger partial charge in [0.25, 0.3) is 0 Å². The van der Waals surface area contributed by atoms with E-state index in [0.717, 1.165) is 4.88 Å². The number of nitrogens with one attached hydrogen (secondary N) is 1. The highest BCUT2D eigenvalue weighted by atomic mass is 35.5. The van der Waals surface area contributed by atoms with Crippen molar-refractivity contribution < 1.29 is 4.79 Å². The molecule has 1 aromatic rings. The molecular weight excluding hydrogens is 279 g/mol. The number of carbonyl (C=O) groups is 1. The normalized spacial score (nSPS) is 26.1. The van der Waals surface area contributed by atoms with E-state index >= 15 is 0 Å². The highest BCUT2D eigenvalue weighted by Gasteiger charge is 2.68. The van der Waals surface area contributed by atoms with E-state index in [1.54, 1.807) is 24.5 Å². The van der Waals surface area contributed by atoms with Gasteiger partial charge in [-0.15, -0.1) is 34.5 Å². The Morgan fingerprint density at radius 3 is 2.71 bits per heavy atom. The van der Waals surface area contributed by atoms with Gasteiger partial charge >= 0.3 is 0 Å². The summed E-state index contributed by atoms with van der Waals surface area (Å²) in [4.78, 5) is 13.9. The highest BCUT2D eigenvalue weighted by molar-refractivity contribution is 7.13. The molecule has 0 unspecified atom stereocenters. The smallest absolute Gasteiger partial charge is 0.249 e. The summed E-state index contributed by atoms with van der Waals surface area (Å²) in [6.07, 6.45) is 2.08. The molecule has 0 aromatic carbocycles. The quantitative estimate of drug-likeness (QED) is 0.519. The molecule has 1 amide bonds. The molecule has 1 saturated carbocycles. The molecule has 3 nitrogen and oxygen atoms in total. The molecule has 1 N–H and O–H groups in total. The zero-order valence-corrected chi connectivity index (χ0v) is 11.8. The van der Waals surface area contributed by atoms with E-state index in [2.05, 4.69) is 10.5 Å². The van der Waals surface area contributed by atoms with E-state index in [4.69, 9.17) is 23.2 Å². The molecule has 1 atom stereocenters. The van der Waals surface area contributed by atoms with Crippen LogP contribution < -0.4 is 5.43 Å². The summed E-state index contributed by atoms with van der Waals surface area (Å²) in [6, 6.07) is 3.94. The summed E-state index contributed by atoms with van der Waals surface area (Å²) in [5.41, 5.74) is 1.74. The molecule has 6 heteroatoms. The molecule has 0 radical (unpaired) electrons. The maximum atomic E-state index is 11.7. The van der Waals surface area contributed by atoms with Crippen LogP contribution in [0.15, 0.2) is 17.2 Å². The van der Waals surface area contributed by atoms with Crippen LogP contribution in [0.2, 0.25) is 0 Å². The molecule has 1 heterocycles.